The molecule has 0 atom stereocenters. The number of ether oxygens (including phenoxy) is 3. The van der Waals surface area contributed by atoms with Crippen molar-refractivity contribution in [1.82, 2.24) is 10.2 Å². The number of halogens is 2. The van der Waals surface area contributed by atoms with E-state index in [0.717, 1.165) is 0 Å². The highest BCUT2D eigenvalue weighted by Gasteiger charge is 2.13. The van der Waals surface area contributed by atoms with Gasteiger partial charge in [-0.05, 0) is 24.3 Å². The van der Waals surface area contributed by atoms with Crippen molar-refractivity contribution in [3.05, 3.63) is 71.8 Å². The van der Waals surface area contributed by atoms with Crippen LogP contribution in [0.4, 0.5) is 25.1 Å². The number of urea groups is 1. The second-order valence-corrected chi connectivity index (χ2v) is 6.95. The van der Waals surface area contributed by atoms with Gasteiger partial charge in [-0.15, -0.1) is 0 Å². The number of aromatic amines is 1. The van der Waals surface area contributed by atoms with Crippen molar-refractivity contribution in [1.29, 1.82) is 0 Å². The van der Waals surface area contributed by atoms with E-state index in [1.165, 1.54) is 32.4 Å². The number of amides is 2. The van der Waals surface area contributed by atoms with Gasteiger partial charge in [-0.3, -0.25) is 10.4 Å². The summed E-state index contributed by atoms with van der Waals surface area (Å²) in [6.45, 7) is -0.268. The second kappa shape index (κ2) is 9.43. The van der Waals surface area contributed by atoms with E-state index in [4.69, 9.17) is 14.2 Å². The molecule has 0 fully saturated rings. The number of benzene rings is 3. The van der Waals surface area contributed by atoms with E-state index in [1.54, 1.807) is 36.4 Å². The molecule has 0 aliphatic rings. The normalized spacial score (nSPS) is 10.7. The minimum atomic E-state index is -0.677. The van der Waals surface area contributed by atoms with E-state index in [9.17, 15) is 13.6 Å². The Balaban J connectivity index is 1.45. The number of methoxy groups -OCH3 is 2. The summed E-state index contributed by atoms with van der Waals surface area (Å²) in [7, 11) is 3.03. The zero-order chi connectivity index (χ0) is 23.4. The van der Waals surface area contributed by atoms with Gasteiger partial charge in [0.05, 0.1) is 25.3 Å². The van der Waals surface area contributed by atoms with Gasteiger partial charge in [0.15, 0.2) is 5.82 Å². The topological polar surface area (TPSA) is 97.5 Å². The van der Waals surface area contributed by atoms with Gasteiger partial charge in [0.1, 0.15) is 35.5 Å². The highest BCUT2D eigenvalue weighted by Crippen LogP contribution is 2.28. The Morgan fingerprint density at radius 1 is 0.939 bits per heavy atom. The van der Waals surface area contributed by atoms with Crippen LogP contribution >= 0.6 is 0 Å². The van der Waals surface area contributed by atoms with Crippen molar-refractivity contribution in [2.24, 2.45) is 0 Å². The molecule has 0 unspecified atom stereocenters. The van der Waals surface area contributed by atoms with Gasteiger partial charge < -0.3 is 19.5 Å². The number of anilines is 2. The lowest BCUT2D eigenvalue weighted by Gasteiger charge is -2.10. The predicted octanol–water partition coefficient (Wildman–Crippen LogP) is 5.08. The zero-order valence-electron chi connectivity index (χ0n) is 17.7. The summed E-state index contributed by atoms with van der Waals surface area (Å²) in [5.41, 5.74) is 0.884. The van der Waals surface area contributed by atoms with Crippen LogP contribution < -0.4 is 24.8 Å². The lowest BCUT2D eigenvalue weighted by Crippen LogP contribution is -2.19. The number of carbonyl (C=O) groups is 1. The molecule has 0 saturated carbocycles. The van der Waals surface area contributed by atoms with Crippen molar-refractivity contribution < 1.29 is 27.8 Å². The molecule has 0 aliphatic heterocycles. The van der Waals surface area contributed by atoms with Crippen LogP contribution in [-0.2, 0) is 6.61 Å². The Labute approximate surface area is 187 Å². The van der Waals surface area contributed by atoms with Crippen LogP contribution in [-0.4, -0.2) is 30.4 Å². The second-order valence-electron chi connectivity index (χ2n) is 6.95. The Morgan fingerprint density at radius 2 is 1.64 bits per heavy atom. The average molecular weight is 454 g/mol. The Bertz CT molecular complexity index is 1270. The number of nitrogens with zero attached hydrogens (tertiary/aromatic N) is 1. The molecule has 3 N–H and O–H groups in total. The number of carbonyl (C=O) groups excluding carboxylic acids is 1. The van der Waals surface area contributed by atoms with E-state index in [1.807, 2.05) is 0 Å². The fraction of sp³-hybridized carbons (Fsp3) is 0.130. The average Bonchev–Trinajstić information content (AvgIpc) is 3.20. The summed E-state index contributed by atoms with van der Waals surface area (Å²) in [5, 5.41) is 12.9. The zero-order valence-corrected chi connectivity index (χ0v) is 17.7. The van der Waals surface area contributed by atoms with Gasteiger partial charge in [0.2, 0.25) is 0 Å². The van der Waals surface area contributed by atoms with Crippen LogP contribution in [0.3, 0.4) is 0 Å². The molecule has 2 amide bonds. The summed E-state index contributed by atoms with van der Waals surface area (Å²) in [6, 6.07) is 13.0. The summed E-state index contributed by atoms with van der Waals surface area (Å²) < 4.78 is 43.5. The Morgan fingerprint density at radius 3 is 2.30 bits per heavy atom. The van der Waals surface area contributed by atoms with Gasteiger partial charge in [-0.25, -0.2) is 13.6 Å². The van der Waals surface area contributed by atoms with Crippen LogP contribution in [0.15, 0.2) is 54.6 Å². The van der Waals surface area contributed by atoms with E-state index < -0.39 is 17.7 Å². The molecule has 1 aromatic heterocycles. The third-order valence-corrected chi connectivity index (χ3v) is 4.82. The minimum Gasteiger partial charge on any atom is -0.497 e. The molecule has 10 heteroatoms. The van der Waals surface area contributed by atoms with Crippen LogP contribution in [0.5, 0.6) is 17.2 Å². The molecular formula is C23H20F2N4O4. The van der Waals surface area contributed by atoms with Crippen LogP contribution in [0.2, 0.25) is 0 Å². The number of aromatic nitrogens is 2. The molecule has 0 aliphatic carbocycles. The maximum atomic E-state index is 13.8. The smallest absolute Gasteiger partial charge is 0.324 e. The van der Waals surface area contributed by atoms with Crippen molar-refractivity contribution in [2.45, 2.75) is 6.61 Å². The third kappa shape index (κ3) is 4.95. The molecule has 3 aromatic carbocycles. The first-order valence-electron chi connectivity index (χ1n) is 9.81. The van der Waals surface area contributed by atoms with E-state index in [-0.39, 0.29) is 12.2 Å². The lowest BCUT2D eigenvalue weighted by molar-refractivity contribution is 0.262. The van der Waals surface area contributed by atoms with Gasteiger partial charge >= 0.3 is 6.03 Å². The lowest BCUT2D eigenvalue weighted by atomic mass is 10.2. The summed E-state index contributed by atoms with van der Waals surface area (Å²) in [6.07, 6.45) is 0. The molecule has 0 spiro atoms. The molecule has 33 heavy (non-hydrogen) atoms. The fourth-order valence-electron chi connectivity index (χ4n) is 3.16. The molecule has 1 heterocycles. The molecule has 4 aromatic rings. The minimum absolute atomic E-state index is 0.157. The molecule has 0 bridgehead atoms. The maximum absolute atomic E-state index is 13.8. The van der Waals surface area contributed by atoms with Gasteiger partial charge in [0.25, 0.3) is 0 Å². The van der Waals surface area contributed by atoms with Crippen molar-refractivity contribution in [2.75, 3.05) is 24.9 Å². The number of hydrogen-bond acceptors (Lipinski definition) is 5. The Kier molecular flexibility index (Phi) is 6.25. The monoisotopic (exact) mass is 454 g/mol. The van der Waals surface area contributed by atoms with Crippen LogP contribution in [0.1, 0.15) is 5.56 Å². The number of rotatable bonds is 7. The molecule has 4 rings (SSSR count). The first-order valence-corrected chi connectivity index (χ1v) is 9.81. The van der Waals surface area contributed by atoms with Crippen LogP contribution in [0.25, 0.3) is 10.9 Å². The molecular weight excluding hydrogens is 434 g/mol. The summed E-state index contributed by atoms with van der Waals surface area (Å²) >= 11 is 0. The van der Waals surface area contributed by atoms with E-state index in [0.29, 0.717) is 39.7 Å². The predicted molar refractivity (Wildman–Crippen MR) is 119 cm³/mol. The number of hydrogen-bond donors (Lipinski definition) is 3. The summed E-state index contributed by atoms with van der Waals surface area (Å²) in [4.78, 5) is 12.5. The quantitative estimate of drug-likeness (QED) is 0.362. The van der Waals surface area contributed by atoms with Gasteiger partial charge in [-0.1, -0.05) is 6.07 Å². The SMILES string of the molecule is COc1cc(NC(=O)Nc2n[nH]c3cc(OCc4c(F)cccc4F)ccc23)cc(OC)c1. The van der Waals surface area contributed by atoms with Gasteiger partial charge in [0, 0.05) is 35.3 Å². The molecule has 170 valence electrons. The standard InChI is InChI=1S/C23H20F2N4O4/c1-31-15-8-13(9-16(10-15)32-2)26-23(30)27-22-17-7-6-14(11-21(17)28-29-22)33-12-18-19(24)4-3-5-20(18)25/h3-11H,12H2,1-2H3,(H3,26,27,28,29,30). The van der Waals surface area contributed by atoms with E-state index in [2.05, 4.69) is 20.8 Å². The highest BCUT2D eigenvalue weighted by molar-refractivity contribution is 6.04. The highest BCUT2D eigenvalue weighted by atomic mass is 19.1. The third-order valence-electron chi connectivity index (χ3n) is 4.82. The number of H-pyrrole nitrogens is 1. The molecule has 0 radical (unpaired) electrons. The van der Waals surface area contributed by atoms with Crippen LogP contribution in [0, 0.1) is 11.6 Å². The Hall–Kier alpha value is -4.34. The fourth-order valence-corrected chi connectivity index (χ4v) is 3.16. The number of nitrogens with one attached hydrogen (secondary N) is 3. The number of fused-ring (bicyclic) bond motifs is 1. The van der Waals surface area contributed by atoms with Gasteiger partial charge in [-0.2, -0.15) is 5.10 Å². The first kappa shape index (κ1) is 21.9. The van der Waals surface area contributed by atoms with Crippen molar-refractivity contribution in [3.63, 3.8) is 0 Å². The first-order chi connectivity index (χ1) is 16.0. The maximum Gasteiger partial charge on any atom is 0.324 e. The summed E-state index contributed by atoms with van der Waals surface area (Å²) in [5.74, 6) is 0.375. The molecule has 8 nitrogen and oxygen atoms in total. The van der Waals surface area contributed by atoms with Crippen molar-refractivity contribution >= 4 is 28.4 Å². The molecule has 0 saturated heterocycles. The van der Waals surface area contributed by atoms with E-state index >= 15 is 0 Å². The largest absolute Gasteiger partial charge is 0.497 e. The van der Waals surface area contributed by atoms with Crippen molar-refractivity contribution in [3.8, 4) is 17.2 Å².